The van der Waals surface area contributed by atoms with Crippen LogP contribution in [-0.4, -0.2) is 42.4 Å². The summed E-state index contributed by atoms with van der Waals surface area (Å²) in [6, 6.07) is 13.0. The van der Waals surface area contributed by atoms with Gasteiger partial charge < -0.3 is 9.47 Å². The van der Waals surface area contributed by atoms with Crippen molar-refractivity contribution >= 4 is 17.8 Å². The molecule has 0 spiro atoms. The Bertz CT molecular complexity index is 809. The van der Waals surface area contributed by atoms with Gasteiger partial charge in [0.1, 0.15) is 11.8 Å². The van der Waals surface area contributed by atoms with Crippen molar-refractivity contribution in [3.8, 4) is 5.75 Å². The number of methoxy groups -OCH3 is 1. The van der Waals surface area contributed by atoms with Crippen LogP contribution in [0.3, 0.4) is 0 Å². The minimum atomic E-state index is -0.974. The number of amides is 2. The molecular formula is C20H19NO5. The van der Waals surface area contributed by atoms with Crippen molar-refractivity contribution in [1.82, 2.24) is 4.90 Å². The third-order valence-electron chi connectivity index (χ3n) is 4.35. The van der Waals surface area contributed by atoms with Gasteiger partial charge in [-0.2, -0.15) is 0 Å². The van der Waals surface area contributed by atoms with Gasteiger partial charge in [0, 0.05) is 6.42 Å². The molecule has 0 saturated carbocycles. The molecule has 0 aliphatic carbocycles. The molecule has 1 aliphatic rings. The highest BCUT2D eigenvalue weighted by molar-refractivity contribution is 6.22. The predicted octanol–water partition coefficient (Wildman–Crippen LogP) is 2.47. The first-order chi connectivity index (χ1) is 12.5. The van der Waals surface area contributed by atoms with Crippen molar-refractivity contribution in [2.24, 2.45) is 0 Å². The van der Waals surface area contributed by atoms with Crippen LogP contribution in [0.15, 0.2) is 48.5 Å². The second kappa shape index (κ2) is 7.39. The summed E-state index contributed by atoms with van der Waals surface area (Å²) in [6.07, 6.45) is 0.532. The van der Waals surface area contributed by atoms with Crippen molar-refractivity contribution in [1.29, 1.82) is 0 Å². The Labute approximate surface area is 151 Å². The number of esters is 1. The number of nitrogens with zero attached hydrogens (tertiary/aromatic N) is 1. The number of hydrogen-bond acceptors (Lipinski definition) is 5. The van der Waals surface area contributed by atoms with E-state index < -0.39 is 23.8 Å². The van der Waals surface area contributed by atoms with Crippen LogP contribution < -0.4 is 4.74 Å². The van der Waals surface area contributed by atoms with Gasteiger partial charge in [-0.25, -0.2) is 4.79 Å². The number of fused-ring (bicyclic) bond motifs is 1. The molecule has 1 unspecified atom stereocenters. The maximum Gasteiger partial charge on any atom is 0.329 e. The van der Waals surface area contributed by atoms with Crippen molar-refractivity contribution in [2.45, 2.75) is 19.4 Å². The van der Waals surface area contributed by atoms with E-state index in [4.69, 9.17) is 9.47 Å². The minimum Gasteiger partial charge on any atom is -0.497 e. The monoisotopic (exact) mass is 353 g/mol. The fourth-order valence-electron chi connectivity index (χ4n) is 2.85. The summed E-state index contributed by atoms with van der Waals surface area (Å²) >= 11 is 0. The molecule has 2 aromatic rings. The van der Waals surface area contributed by atoms with Gasteiger partial charge in [0.25, 0.3) is 11.8 Å². The molecule has 1 atom stereocenters. The van der Waals surface area contributed by atoms with Crippen molar-refractivity contribution < 1.29 is 23.9 Å². The largest absolute Gasteiger partial charge is 0.497 e. The molecule has 0 fully saturated rings. The summed E-state index contributed by atoms with van der Waals surface area (Å²) in [6.45, 7) is 1.66. The zero-order valence-electron chi connectivity index (χ0n) is 14.6. The van der Waals surface area contributed by atoms with Crippen LogP contribution in [0.2, 0.25) is 0 Å². The van der Waals surface area contributed by atoms with Gasteiger partial charge in [-0.3, -0.25) is 14.5 Å². The third kappa shape index (κ3) is 3.31. The van der Waals surface area contributed by atoms with Gasteiger partial charge in [-0.05, 0) is 36.8 Å². The van der Waals surface area contributed by atoms with Gasteiger partial charge >= 0.3 is 5.97 Å². The smallest absolute Gasteiger partial charge is 0.329 e. The van der Waals surface area contributed by atoms with E-state index in [1.807, 2.05) is 24.3 Å². The van der Waals surface area contributed by atoms with Crippen LogP contribution >= 0.6 is 0 Å². The topological polar surface area (TPSA) is 72.9 Å². The van der Waals surface area contributed by atoms with E-state index in [2.05, 4.69) is 0 Å². The quantitative estimate of drug-likeness (QED) is 0.589. The normalized spacial score (nSPS) is 14.2. The number of carbonyl (C=O) groups is 3. The van der Waals surface area contributed by atoms with E-state index in [0.29, 0.717) is 17.5 Å². The summed E-state index contributed by atoms with van der Waals surface area (Å²) in [7, 11) is 1.59. The third-order valence-corrected chi connectivity index (χ3v) is 4.35. The van der Waals surface area contributed by atoms with E-state index in [1.165, 1.54) is 6.92 Å². The summed E-state index contributed by atoms with van der Waals surface area (Å²) < 4.78 is 10.3. The number of carbonyl (C=O) groups excluding carboxylic acids is 3. The lowest BCUT2D eigenvalue weighted by Gasteiger charge is -2.20. The van der Waals surface area contributed by atoms with Crippen LogP contribution in [0.4, 0.5) is 0 Å². The minimum absolute atomic E-state index is 0.165. The van der Waals surface area contributed by atoms with Crippen LogP contribution in [0, 0.1) is 0 Å². The second-order valence-electron chi connectivity index (χ2n) is 5.97. The molecule has 0 radical (unpaired) electrons. The molecule has 134 valence electrons. The van der Waals surface area contributed by atoms with Crippen LogP contribution in [0.5, 0.6) is 5.75 Å². The van der Waals surface area contributed by atoms with Crippen LogP contribution in [0.1, 0.15) is 33.2 Å². The predicted molar refractivity (Wildman–Crippen MR) is 94.1 cm³/mol. The van der Waals surface area contributed by atoms with E-state index in [0.717, 1.165) is 16.2 Å². The van der Waals surface area contributed by atoms with Crippen molar-refractivity contribution in [3.05, 3.63) is 65.2 Å². The lowest BCUT2D eigenvalue weighted by atomic mass is 10.1. The van der Waals surface area contributed by atoms with Gasteiger partial charge in [0.15, 0.2) is 0 Å². The summed E-state index contributed by atoms with van der Waals surface area (Å²) in [5.41, 5.74) is 1.62. The average Bonchev–Trinajstić information content (AvgIpc) is 2.92. The first kappa shape index (κ1) is 17.7. The highest BCUT2D eigenvalue weighted by atomic mass is 16.5. The number of imide groups is 1. The molecule has 0 saturated heterocycles. The number of ether oxygens (including phenoxy) is 2. The zero-order chi connectivity index (χ0) is 18.7. The molecule has 2 amide bonds. The Kier molecular flexibility index (Phi) is 5.02. The fraction of sp³-hybridized carbons (Fsp3) is 0.250. The highest BCUT2D eigenvalue weighted by Gasteiger charge is 2.41. The number of benzene rings is 2. The van der Waals surface area contributed by atoms with Gasteiger partial charge in [0.2, 0.25) is 0 Å². The molecule has 3 rings (SSSR count). The molecule has 26 heavy (non-hydrogen) atoms. The van der Waals surface area contributed by atoms with E-state index in [9.17, 15) is 14.4 Å². The molecule has 0 N–H and O–H groups in total. The molecular weight excluding hydrogens is 334 g/mol. The SMILES string of the molecule is COc1ccc(CCOC(=O)C(C)N2C(=O)c3ccccc3C2=O)cc1. The molecule has 0 bridgehead atoms. The number of hydrogen-bond donors (Lipinski definition) is 0. The molecule has 6 heteroatoms. The van der Waals surface area contributed by atoms with Gasteiger partial charge in [-0.1, -0.05) is 24.3 Å². The van der Waals surface area contributed by atoms with Gasteiger partial charge in [-0.15, -0.1) is 0 Å². The molecule has 1 heterocycles. The lowest BCUT2D eigenvalue weighted by Crippen LogP contribution is -2.43. The Morgan fingerprint density at radius 1 is 1.00 bits per heavy atom. The molecule has 6 nitrogen and oxygen atoms in total. The van der Waals surface area contributed by atoms with Gasteiger partial charge in [0.05, 0.1) is 24.8 Å². The van der Waals surface area contributed by atoms with Crippen molar-refractivity contribution in [2.75, 3.05) is 13.7 Å². The van der Waals surface area contributed by atoms with Crippen molar-refractivity contribution in [3.63, 3.8) is 0 Å². The van der Waals surface area contributed by atoms with Crippen LogP contribution in [-0.2, 0) is 16.0 Å². The Morgan fingerprint density at radius 3 is 2.12 bits per heavy atom. The van der Waals surface area contributed by atoms with E-state index in [1.54, 1.807) is 31.4 Å². The zero-order valence-corrected chi connectivity index (χ0v) is 14.6. The summed E-state index contributed by atoms with van der Waals surface area (Å²) in [5, 5.41) is 0. The average molecular weight is 353 g/mol. The lowest BCUT2D eigenvalue weighted by molar-refractivity contribution is -0.147. The first-order valence-electron chi connectivity index (χ1n) is 8.29. The second-order valence-corrected chi connectivity index (χ2v) is 5.97. The summed E-state index contributed by atoms with van der Waals surface area (Å²) in [4.78, 5) is 38.0. The maximum atomic E-state index is 12.4. The Balaban J connectivity index is 1.58. The fourth-order valence-corrected chi connectivity index (χ4v) is 2.85. The molecule has 2 aromatic carbocycles. The summed E-state index contributed by atoms with van der Waals surface area (Å²) in [5.74, 6) is -0.784. The maximum absolute atomic E-state index is 12.4. The molecule has 1 aliphatic heterocycles. The number of rotatable bonds is 6. The Morgan fingerprint density at radius 2 is 1.58 bits per heavy atom. The first-order valence-corrected chi connectivity index (χ1v) is 8.29. The Hall–Kier alpha value is -3.15. The van der Waals surface area contributed by atoms with E-state index >= 15 is 0 Å². The van der Waals surface area contributed by atoms with E-state index in [-0.39, 0.29) is 6.61 Å². The molecule has 0 aromatic heterocycles. The highest BCUT2D eigenvalue weighted by Crippen LogP contribution is 2.24. The van der Waals surface area contributed by atoms with Crippen LogP contribution in [0.25, 0.3) is 0 Å². The standard InChI is InChI=1S/C20H19NO5/c1-13(21-18(22)16-5-3-4-6-17(16)19(21)23)20(24)26-12-11-14-7-9-15(25-2)10-8-14/h3-10,13H,11-12H2,1-2H3.